The van der Waals surface area contributed by atoms with E-state index in [1.807, 2.05) is 60.7 Å². The molecule has 8 heteroatoms. The molecule has 0 radical (unpaired) electrons. The van der Waals surface area contributed by atoms with Crippen molar-refractivity contribution in [1.82, 2.24) is 20.2 Å². The first-order valence-electron chi connectivity index (χ1n) is 9.29. The third-order valence-electron chi connectivity index (χ3n) is 4.47. The molecule has 2 heterocycles. The fourth-order valence-electron chi connectivity index (χ4n) is 3.01. The second-order valence-corrected chi connectivity index (χ2v) is 7.56. The molecule has 150 valence electrons. The fourth-order valence-corrected chi connectivity index (χ4v) is 3.84. The van der Waals surface area contributed by atoms with Crippen molar-refractivity contribution in [1.29, 1.82) is 0 Å². The molecule has 7 nitrogen and oxygen atoms in total. The number of para-hydroxylation sites is 2. The summed E-state index contributed by atoms with van der Waals surface area (Å²) in [4.78, 5) is 30.1. The Kier molecular flexibility index (Phi) is 5.76. The van der Waals surface area contributed by atoms with Crippen LogP contribution in [0, 0.1) is 6.92 Å². The smallest absolute Gasteiger partial charge is 0.280 e. The lowest BCUT2D eigenvalue weighted by Gasteiger charge is -2.04. The van der Waals surface area contributed by atoms with E-state index in [0.717, 1.165) is 21.5 Å². The van der Waals surface area contributed by atoms with Gasteiger partial charge in [-0.3, -0.25) is 19.7 Å². The van der Waals surface area contributed by atoms with Crippen molar-refractivity contribution in [3.8, 4) is 5.69 Å². The normalized spacial score (nSPS) is 11.2. The van der Waals surface area contributed by atoms with Gasteiger partial charge in [0.15, 0.2) is 0 Å². The first-order chi connectivity index (χ1) is 14.6. The number of benzene rings is 2. The predicted molar refractivity (Wildman–Crippen MR) is 119 cm³/mol. The second-order valence-electron chi connectivity index (χ2n) is 6.54. The van der Waals surface area contributed by atoms with E-state index in [2.05, 4.69) is 20.6 Å². The van der Waals surface area contributed by atoms with Gasteiger partial charge in [-0.15, -0.1) is 11.8 Å². The van der Waals surface area contributed by atoms with Crippen LogP contribution in [0.4, 0.5) is 0 Å². The highest BCUT2D eigenvalue weighted by Crippen LogP contribution is 2.25. The van der Waals surface area contributed by atoms with Gasteiger partial charge in [-0.25, -0.2) is 10.1 Å². The van der Waals surface area contributed by atoms with Crippen LogP contribution in [0.5, 0.6) is 0 Å². The number of hydrogen-bond donors (Lipinski definition) is 2. The quantitative estimate of drug-likeness (QED) is 0.286. The predicted octanol–water partition coefficient (Wildman–Crippen LogP) is 3.26. The van der Waals surface area contributed by atoms with Gasteiger partial charge < -0.3 is 0 Å². The van der Waals surface area contributed by atoms with Crippen molar-refractivity contribution < 1.29 is 4.79 Å². The monoisotopic (exact) mass is 417 g/mol. The average Bonchev–Trinajstić information content (AvgIpc) is 3.06. The Hall–Kier alpha value is -3.65. The van der Waals surface area contributed by atoms with Crippen molar-refractivity contribution in [3.05, 3.63) is 88.5 Å². The number of fused-ring (bicyclic) bond motifs is 1. The molecule has 4 rings (SSSR count). The number of amides is 1. The molecule has 0 fully saturated rings. The number of nitrogens with one attached hydrogen (secondary N) is 2. The van der Waals surface area contributed by atoms with Crippen LogP contribution < -0.4 is 11.0 Å². The Morgan fingerprint density at radius 2 is 1.97 bits per heavy atom. The highest BCUT2D eigenvalue weighted by atomic mass is 32.2. The molecular formula is C22H19N5O2S. The second kappa shape index (κ2) is 8.79. The zero-order chi connectivity index (χ0) is 20.9. The Morgan fingerprint density at radius 1 is 1.17 bits per heavy atom. The van der Waals surface area contributed by atoms with Crippen LogP contribution in [-0.4, -0.2) is 32.6 Å². The standard InChI is InChI=1S/C22H19N5O2S/c1-15-18(22(29)27(26-15)17-9-3-2-4-10-17)13-24-25-20(28)14-30-19-11-5-7-16-8-6-12-23-21(16)19/h2-13,26H,14H2,1H3,(H,25,28). The van der Waals surface area contributed by atoms with Crippen molar-refractivity contribution in [2.24, 2.45) is 5.10 Å². The molecule has 0 spiro atoms. The number of rotatable bonds is 6. The molecule has 2 aromatic heterocycles. The maximum absolute atomic E-state index is 12.6. The van der Waals surface area contributed by atoms with Crippen LogP contribution in [0.1, 0.15) is 11.3 Å². The summed E-state index contributed by atoms with van der Waals surface area (Å²) in [6.45, 7) is 1.79. The molecule has 0 aliphatic heterocycles. The number of aromatic amines is 1. The molecule has 4 aromatic rings. The van der Waals surface area contributed by atoms with E-state index in [1.165, 1.54) is 22.7 Å². The first kappa shape index (κ1) is 19.7. The topological polar surface area (TPSA) is 92.1 Å². The van der Waals surface area contributed by atoms with E-state index >= 15 is 0 Å². The van der Waals surface area contributed by atoms with Gasteiger partial charge in [-0.1, -0.05) is 36.4 Å². The zero-order valence-corrected chi connectivity index (χ0v) is 17.0. The van der Waals surface area contributed by atoms with Gasteiger partial charge in [0.1, 0.15) is 0 Å². The molecule has 1 amide bonds. The number of pyridine rings is 1. The van der Waals surface area contributed by atoms with E-state index in [4.69, 9.17) is 0 Å². The molecule has 2 N–H and O–H groups in total. The maximum Gasteiger partial charge on any atom is 0.280 e. The molecule has 2 aromatic carbocycles. The minimum absolute atomic E-state index is 0.188. The van der Waals surface area contributed by atoms with Crippen LogP contribution in [0.2, 0.25) is 0 Å². The minimum atomic E-state index is -0.263. The number of aryl methyl sites for hydroxylation is 1. The van der Waals surface area contributed by atoms with Gasteiger partial charge in [0.2, 0.25) is 5.91 Å². The first-order valence-corrected chi connectivity index (χ1v) is 10.3. The van der Waals surface area contributed by atoms with Crippen LogP contribution in [0.25, 0.3) is 16.6 Å². The highest BCUT2D eigenvalue weighted by Gasteiger charge is 2.11. The van der Waals surface area contributed by atoms with E-state index in [0.29, 0.717) is 11.3 Å². The summed E-state index contributed by atoms with van der Waals surface area (Å²) < 4.78 is 1.45. The summed E-state index contributed by atoms with van der Waals surface area (Å²) in [5, 5.41) is 8.00. The molecule has 0 atom stereocenters. The lowest BCUT2D eigenvalue weighted by molar-refractivity contribution is -0.118. The minimum Gasteiger partial charge on any atom is -0.295 e. The van der Waals surface area contributed by atoms with E-state index < -0.39 is 0 Å². The number of hydrazone groups is 1. The third-order valence-corrected chi connectivity index (χ3v) is 5.52. The van der Waals surface area contributed by atoms with Crippen molar-refractivity contribution in [2.45, 2.75) is 11.8 Å². The number of hydrogen-bond acceptors (Lipinski definition) is 5. The summed E-state index contributed by atoms with van der Waals surface area (Å²) in [6, 6.07) is 19.0. The van der Waals surface area contributed by atoms with Gasteiger partial charge in [-0.2, -0.15) is 5.10 Å². The number of nitrogens with zero attached hydrogens (tertiary/aromatic N) is 3. The number of thioether (sulfide) groups is 1. The molecule has 0 saturated heterocycles. The Labute approximate surface area is 176 Å². The number of carbonyl (C=O) groups excluding carboxylic acids is 1. The molecule has 30 heavy (non-hydrogen) atoms. The average molecular weight is 417 g/mol. The number of carbonyl (C=O) groups is 1. The number of H-pyrrole nitrogens is 1. The lowest BCUT2D eigenvalue weighted by Crippen LogP contribution is -2.21. The fraction of sp³-hybridized carbons (Fsp3) is 0.0909. The maximum atomic E-state index is 12.6. The van der Waals surface area contributed by atoms with Crippen molar-refractivity contribution in [3.63, 3.8) is 0 Å². The van der Waals surface area contributed by atoms with Crippen LogP contribution >= 0.6 is 11.8 Å². The molecular weight excluding hydrogens is 398 g/mol. The van der Waals surface area contributed by atoms with E-state index in [1.54, 1.807) is 13.1 Å². The lowest BCUT2D eigenvalue weighted by atomic mass is 10.2. The number of aromatic nitrogens is 3. The summed E-state index contributed by atoms with van der Waals surface area (Å²) in [6.07, 6.45) is 3.10. The molecule has 0 aliphatic carbocycles. The molecule has 0 saturated carbocycles. The van der Waals surface area contributed by atoms with Gasteiger partial charge in [0, 0.05) is 22.2 Å². The van der Waals surface area contributed by atoms with Gasteiger partial charge in [0.05, 0.1) is 28.7 Å². The SMILES string of the molecule is Cc1[nH]n(-c2ccccc2)c(=O)c1C=NNC(=O)CSc1cccc2cccnc12. The molecule has 0 aliphatic rings. The highest BCUT2D eigenvalue weighted by molar-refractivity contribution is 8.00. The Morgan fingerprint density at radius 3 is 2.80 bits per heavy atom. The summed E-state index contributed by atoms with van der Waals surface area (Å²) in [7, 11) is 0. The van der Waals surface area contributed by atoms with Gasteiger partial charge >= 0.3 is 0 Å². The largest absolute Gasteiger partial charge is 0.295 e. The van der Waals surface area contributed by atoms with Gasteiger partial charge in [-0.05, 0) is 31.2 Å². The third kappa shape index (κ3) is 4.18. The Balaban J connectivity index is 1.41. The van der Waals surface area contributed by atoms with Gasteiger partial charge in [0.25, 0.3) is 5.56 Å². The zero-order valence-electron chi connectivity index (χ0n) is 16.2. The molecule has 0 bridgehead atoms. The van der Waals surface area contributed by atoms with Crippen LogP contribution in [0.15, 0.2) is 81.7 Å². The summed E-state index contributed by atoms with van der Waals surface area (Å²) in [5.74, 6) is -0.0753. The van der Waals surface area contributed by atoms with Crippen molar-refractivity contribution >= 4 is 34.8 Å². The van der Waals surface area contributed by atoms with Crippen molar-refractivity contribution in [2.75, 3.05) is 5.75 Å². The van der Waals surface area contributed by atoms with Crippen LogP contribution in [-0.2, 0) is 4.79 Å². The van der Waals surface area contributed by atoms with E-state index in [9.17, 15) is 9.59 Å². The molecule has 0 unspecified atom stereocenters. The van der Waals surface area contributed by atoms with Crippen LogP contribution in [0.3, 0.4) is 0 Å². The van der Waals surface area contributed by atoms with E-state index in [-0.39, 0.29) is 17.2 Å². The summed E-state index contributed by atoms with van der Waals surface area (Å²) >= 11 is 1.39. The summed E-state index contributed by atoms with van der Waals surface area (Å²) in [5.41, 5.74) is 4.91. The Bertz CT molecular complexity index is 1270.